The van der Waals surface area contributed by atoms with Gasteiger partial charge in [-0.15, -0.1) is 11.8 Å². The van der Waals surface area contributed by atoms with Crippen molar-refractivity contribution in [1.29, 1.82) is 0 Å². The number of amides is 1. The summed E-state index contributed by atoms with van der Waals surface area (Å²) >= 11 is 7.90. The number of halogens is 1. The van der Waals surface area contributed by atoms with Crippen LogP contribution in [-0.2, 0) is 13.0 Å². The summed E-state index contributed by atoms with van der Waals surface area (Å²) in [5.41, 5.74) is 3.31. The first-order valence-electron chi connectivity index (χ1n) is 8.55. The second-order valence-electron chi connectivity index (χ2n) is 6.35. The van der Waals surface area contributed by atoms with Crippen LogP contribution in [0.25, 0.3) is 0 Å². The number of likely N-dealkylation sites (N-methyl/N-ethyl adjacent to an activating group) is 1. The molecule has 0 bridgehead atoms. The lowest BCUT2D eigenvalue weighted by atomic mass is 9.94. The highest BCUT2D eigenvalue weighted by molar-refractivity contribution is 7.99. The third kappa shape index (κ3) is 4.57. The van der Waals surface area contributed by atoms with E-state index in [1.54, 1.807) is 11.8 Å². The number of benzene rings is 2. The van der Waals surface area contributed by atoms with E-state index in [9.17, 15) is 4.79 Å². The van der Waals surface area contributed by atoms with Gasteiger partial charge >= 0.3 is 0 Å². The van der Waals surface area contributed by atoms with Gasteiger partial charge in [0.05, 0.1) is 0 Å². The van der Waals surface area contributed by atoms with Gasteiger partial charge in [0.2, 0.25) is 0 Å². The number of hydrogen-bond acceptors (Lipinski definition) is 3. The van der Waals surface area contributed by atoms with E-state index in [1.807, 2.05) is 36.4 Å². The Hall–Kier alpha value is -1.49. The van der Waals surface area contributed by atoms with Crippen LogP contribution in [0.15, 0.2) is 47.4 Å². The maximum absolute atomic E-state index is 12.4. The molecule has 0 saturated carbocycles. The van der Waals surface area contributed by atoms with E-state index in [0.717, 1.165) is 23.7 Å². The fraction of sp³-hybridized carbons (Fsp3) is 0.350. The van der Waals surface area contributed by atoms with Crippen LogP contribution in [0.3, 0.4) is 0 Å². The Balaban J connectivity index is 1.60. The van der Waals surface area contributed by atoms with E-state index >= 15 is 0 Å². The SMILES string of the molecule is CCSc1ccc(C(=O)NC[C@@H]2Cc3cc(Cl)ccc3CN2C)cc1. The van der Waals surface area contributed by atoms with Gasteiger partial charge in [-0.25, -0.2) is 0 Å². The average Bonchev–Trinajstić information content (AvgIpc) is 2.61. The van der Waals surface area contributed by atoms with E-state index in [2.05, 4.69) is 30.3 Å². The summed E-state index contributed by atoms with van der Waals surface area (Å²) in [6.07, 6.45) is 0.902. The Morgan fingerprint density at radius 3 is 2.72 bits per heavy atom. The fourth-order valence-electron chi connectivity index (χ4n) is 3.16. The molecule has 0 fully saturated rings. The van der Waals surface area contributed by atoms with Gasteiger partial charge in [-0.1, -0.05) is 24.6 Å². The predicted octanol–water partition coefficient (Wildman–Crippen LogP) is 4.24. The number of rotatable bonds is 5. The molecule has 1 aliphatic heterocycles. The third-order valence-corrected chi connectivity index (χ3v) is 5.72. The molecule has 25 heavy (non-hydrogen) atoms. The first-order valence-corrected chi connectivity index (χ1v) is 9.91. The van der Waals surface area contributed by atoms with Crippen LogP contribution in [-0.4, -0.2) is 36.2 Å². The molecule has 3 nitrogen and oxygen atoms in total. The number of thioether (sulfide) groups is 1. The van der Waals surface area contributed by atoms with Gasteiger partial charge < -0.3 is 5.32 Å². The molecule has 3 rings (SSSR count). The second-order valence-corrected chi connectivity index (χ2v) is 8.13. The molecule has 0 aliphatic carbocycles. The molecule has 5 heteroatoms. The first-order chi connectivity index (χ1) is 12.1. The van der Waals surface area contributed by atoms with Crippen molar-refractivity contribution in [2.45, 2.75) is 30.8 Å². The average molecular weight is 375 g/mol. The van der Waals surface area contributed by atoms with Crippen molar-refractivity contribution in [3.63, 3.8) is 0 Å². The number of carbonyl (C=O) groups is 1. The fourth-order valence-corrected chi connectivity index (χ4v) is 4.01. The van der Waals surface area contributed by atoms with Gasteiger partial charge in [0, 0.05) is 34.6 Å². The number of nitrogens with zero attached hydrogens (tertiary/aromatic N) is 1. The first kappa shape index (κ1) is 18.3. The molecular formula is C20H23ClN2OS. The van der Waals surface area contributed by atoms with Crippen molar-refractivity contribution in [2.75, 3.05) is 19.3 Å². The summed E-state index contributed by atoms with van der Waals surface area (Å²) < 4.78 is 0. The Morgan fingerprint density at radius 1 is 1.24 bits per heavy atom. The van der Waals surface area contributed by atoms with Crippen LogP contribution in [0.1, 0.15) is 28.4 Å². The van der Waals surface area contributed by atoms with E-state index in [4.69, 9.17) is 11.6 Å². The predicted molar refractivity (Wildman–Crippen MR) is 106 cm³/mol. The Morgan fingerprint density at radius 2 is 2.00 bits per heavy atom. The standard InChI is InChI=1S/C20H23ClN2OS/c1-3-25-19-8-5-14(6-9-19)20(24)22-12-18-11-16-10-17(21)7-4-15(16)13-23(18)2/h4-10,18H,3,11-13H2,1-2H3,(H,22,24)/t18-/m0/s1. The Bertz CT molecular complexity index is 748. The molecule has 132 valence electrons. The third-order valence-electron chi connectivity index (χ3n) is 4.59. The van der Waals surface area contributed by atoms with Gasteiger partial charge in [0.25, 0.3) is 5.91 Å². The molecular weight excluding hydrogens is 352 g/mol. The molecule has 1 heterocycles. The number of hydrogen-bond donors (Lipinski definition) is 1. The van der Waals surface area contributed by atoms with E-state index in [1.165, 1.54) is 16.0 Å². The van der Waals surface area contributed by atoms with Crippen LogP contribution < -0.4 is 5.32 Å². The largest absolute Gasteiger partial charge is 0.350 e. The molecule has 1 atom stereocenters. The maximum Gasteiger partial charge on any atom is 0.251 e. The number of carbonyl (C=O) groups excluding carboxylic acids is 1. The summed E-state index contributed by atoms with van der Waals surface area (Å²) in [5.74, 6) is 1.02. The highest BCUT2D eigenvalue weighted by atomic mass is 35.5. The minimum Gasteiger partial charge on any atom is -0.350 e. The molecule has 0 unspecified atom stereocenters. The van der Waals surface area contributed by atoms with Gasteiger partial charge in [0.1, 0.15) is 0 Å². The maximum atomic E-state index is 12.4. The van der Waals surface area contributed by atoms with Crippen molar-refractivity contribution in [1.82, 2.24) is 10.2 Å². The Labute approximate surface area is 158 Å². The van der Waals surface area contributed by atoms with Crippen LogP contribution >= 0.6 is 23.4 Å². The molecule has 2 aromatic rings. The lowest BCUT2D eigenvalue weighted by molar-refractivity contribution is 0.0934. The summed E-state index contributed by atoms with van der Waals surface area (Å²) in [4.78, 5) is 15.9. The second kappa shape index (κ2) is 8.26. The zero-order valence-electron chi connectivity index (χ0n) is 14.6. The topological polar surface area (TPSA) is 32.3 Å². The lowest BCUT2D eigenvalue weighted by Gasteiger charge is -2.34. The van der Waals surface area contributed by atoms with Crippen LogP contribution in [0.4, 0.5) is 0 Å². The smallest absolute Gasteiger partial charge is 0.251 e. The molecule has 1 aliphatic rings. The Kier molecular flexibility index (Phi) is 6.05. The number of nitrogens with one attached hydrogen (secondary N) is 1. The molecule has 0 aromatic heterocycles. The van der Waals surface area contributed by atoms with E-state index in [-0.39, 0.29) is 11.9 Å². The monoisotopic (exact) mass is 374 g/mol. The van der Waals surface area contributed by atoms with Crippen molar-refractivity contribution >= 4 is 29.3 Å². The van der Waals surface area contributed by atoms with Crippen LogP contribution in [0.5, 0.6) is 0 Å². The van der Waals surface area contributed by atoms with Crippen molar-refractivity contribution in [3.8, 4) is 0 Å². The highest BCUT2D eigenvalue weighted by Gasteiger charge is 2.24. The molecule has 0 radical (unpaired) electrons. The van der Waals surface area contributed by atoms with Gasteiger partial charge in [-0.05, 0) is 66.7 Å². The van der Waals surface area contributed by atoms with Crippen LogP contribution in [0, 0.1) is 0 Å². The van der Waals surface area contributed by atoms with Crippen molar-refractivity contribution < 1.29 is 4.79 Å². The number of fused-ring (bicyclic) bond motifs is 1. The highest BCUT2D eigenvalue weighted by Crippen LogP contribution is 2.25. The summed E-state index contributed by atoms with van der Waals surface area (Å²) in [7, 11) is 2.10. The normalized spacial score (nSPS) is 17.2. The van der Waals surface area contributed by atoms with Gasteiger partial charge in [0.15, 0.2) is 0 Å². The van der Waals surface area contributed by atoms with Crippen molar-refractivity contribution in [3.05, 3.63) is 64.2 Å². The minimum absolute atomic E-state index is 0.0154. The van der Waals surface area contributed by atoms with E-state index < -0.39 is 0 Å². The molecule has 0 saturated heterocycles. The molecule has 1 N–H and O–H groups in total. The summed E-state index contributed by atoms with van der Waals surface area (Å²) in [6.45, 7) is 3.64. The van der Waals surface area contributed by atoms with Gasteiger partial charge in [-0.3, -0.25) is 9.69 Å². The zero-order valence-corrected chi connectivity index (χ0v) is 16.2. The lowest BCUT2D eigenvalue weighted by Crippen LogP contribution is -2.45. The van der Waals surface area contributed by atoms with E-state index in [0.29, 0.717) is 12.1 Å². The molecule has 0 spiro atoms. The van der Waals surface area contributed by atoms with Crippen LogP contribution in [0.2, 0.25) is 5.02 Å². The summed E-state index contributed by atoms with van der Waals surface area (Å²) in [5, 5.41) is 3.85. The molecule has 2 aromatic carbocycles. The van der Waals surface area contributed by atoms with Crippen molar-refractivity contribution in [2.24, 2.45) is 0 Å². The zero-order chi connectivity index (χ0) is 17.8. The quantitative estimate of drug-likeness (QED) is 0.794. The molecule has 1 amide bonds. The van der Waals surface area contributed by atoms with Gasteiger partial charge in [-0.2, -0.15) is 0 Å². The summed E-state index contributed by atoms with van der Waals surface area (Å²) in [6, 6.07) is 14.2. The minimum atomic E-state index is -0.0154.